The van der Waals surface area contributed by atoms with Crippen LogP contribution in [0.3, 0.4) is 0 Å². The quantitative estimate of drug-likeness (QED) is 0.0378. The summed E-state index contributed by atoms with van der Waals surface area (Å²) in [6.45, 7) is 2.00. The molecule has 0 spiro atoms. The highest BCUT2D eigenvalue weighted by Gasteiger charge is 2.50. The number of hydrogen-bond acceptors (Lipinski definition) is 10. The predicted octanol–water partition coefficient (Wildman–Crippen LogP) is 8.76. The molecule has 0 amide bonds. The fourth-order valence-electron chi connectivity index (χ4n) is 7.02. The fraction of sp³-hybridized carbons (Fsp3) is 0.587. The number of aliphatic hydroxyl groups excluding tert-OH is 1. The number of carbonyl (C=O) groups excluding carboxylic acids is 1. The number of aliphatic hydroxyl groups is 1. The van der Waals surface area contributed by atoms with Crippen LogP contribution in [0.2, 0.25) is 0 Å². The lowest BCUT2D eigenvalue weighted by Crippen LogP contribution is -2.62. The van der Waals surface area contributed by atoms with E-state index in [1.165, 1.54) is 64.2 Å². The molecule has 1 fully saturated rings. The molecular formula is C46H66O11S. The van der Waals surface area contributed by atoms with Gasteiger partial charge in [-0.3, -0.25) is 9.35 Å². The molecule has 2 N–H and O–H groups in total. The lowest BCUT2D eigenvalue weighted by molar-refractivity contribution is -0.322. The SMILES string of the molecule is CCCCCCCCCCCCCCCC(=O)OCC(O)CO[C@@H]1O[C@H](CS(=O)(=O)O)[C@@H](OCc2ccccc2)[C@H](OCc2ccccc2)[C@H]1OCc1ccccc1. The topological polar surface area (TPSA) is 147 Å². The first kappa shape index (κ1) is 47.5. The van der Waals surface area contributed by atoms with Crippen LogP contribution in [-0.2, 0) is 63.2 Å². The second kappa shape index (κ2) is 27.5. The van der Waals surface area contributed by atoms with Crippen LogP contribution in [0.25, 0.3) is 0 Å². The summed E-state index contributed by atoms with van der Waals surface area (Å²) in [4.78, 5) is 12.5. The van der Waals surface area contributed by atoms with Crippen LogP contribution in [0.1, 0.15) is 114 Å². The summed E-state index contributed by atoms with van der Waals surface area (Å²) < 4.78 is 71.8. The molecule has 0 aliphatic carbocycles. The van der Waals surface area contributed by atoms with Crippen molar-refractivity contribution < 1.29 is 51.3 Å². The minimum absolute atomic E-state index is 0.0996. The maximum Gasteiger partial charge on any atom is 0.305 e. The third kappa shape index (κ3) is 19.2. The molecule has 1 heterocycles. The van der Waals surface area contributed by atoms with Crippen LogP contribution in [0.15, 0.2) is 91.0 Å². The molecule has 12 heteroatoms. The molecule has 1 aliphatic rings. The average molecular weight is 827 g/mol. The van der Waals surface area contributed by atoms with Gasteiger partial charge in [-0.1, -0.05) is 175 Å². The highest BCUT2D eigenvalue weighted by Crippen LogP contribution is 2.32. The lowest BCUT2D eigenvalue weighted by atomic mass is 9.98. The van der Waals surface area contributed by atoms with Crippen LogP contribution in [-0.4, -0.2) is 79.8 Å². The number of carbonyl (C=O) groups is 1. The van der Waals surface area contributed by atoms with Gasteiger partial charge in [-0.15, -0.1) is 0 Å². The highest BCUT2D eigenvalue weighted by atomic mass is 32.2. The lowest BCUT2D eigenvalue weighted by Gasteiger charge is -2.45. The zero-order valence-corrected chi connectivity index (χ0v) is 35.1. The Bertz CT molecular complexity index is 1610. The van der Waals surface area contributed by atoms with Crippen molar-refractivity contribution in [2.75, 3.05) is 19.0 Å². The summed E-state index contributed by atoms with van der Waals surface area (Å²) in [7, 11) is -4.56. The van der Waals surface area contributed by atoms with Gasteiger partial charge in [0.25, 0.3) is 10.1 Å². The first-order valence-electron chi connectivity index (χ1n) is 21.2. The molecule has 6 atom stereocenters. The van der Waals surface area contributed by atoms with E-state index in [0.717, 1.165) is 36.0 Å². The first-order valence-corrected chi connectivity index (χ1v) is 22.8. The van der Waals surface area contributed by atoms with Crippen LogP contribution >= 0.6 is 0 Å². The van der Waals surface area contributed by atoms with Gasteiger partial charge >= 0.3 is 5.97 Å². The molecule has 3 aromatic rings. The number of rotatable bonds is 30. The number of benzene rings is 3. The molecule has 11 nitrogen and oxygen atoms in total. The van der Waals surface area contributed by atoms with E-state index in [-0.39, 0.29) is 45.4 Å². The highest BCUT2D eigenvalue weighted by molar-refractivity contribution is 7.85. The smallest absolute Gasteiger partial charge is 0.305 e. The Kier molecular flexibility index (Phi) is 22.5. The molecule has 322 valence electrons. The zero-order chi connectivity index (χ0) is 41.3. The Labute approximate surface area is 346 Å². The minimum Gasteiger partial charge on any atom is -0.463 e. The molecule has 58 heavy (non-hydrogen) atoms. The molecule has 0 radical (unpaired) electrons. The van der Waals surface area contributed by atoms with Crippen molar-refractivity contribution in [2.45, 2.75) is 153 Å². The molecule has 0 saturated carbocycles. The monoisotopic (exact) mass is 826 g/mol. The van der Waals surface area contributed by atoms with Gasteiger partial charge in [0.1, 0.15) is 42.9 Å². The third-order valence-electron chi connectivity index (χ3n) is 10.2. The van der Waals surface area contributed by atoms with Gasteiger partial charge in [0, 0.05) is 6.42 Å². The van der Waals surface area contributed by atoms with Gasteiger partial charge in [-0.25, -0.2) is 0 Å². The van der Waals surface area contributed by atoms with Gasteiger partial charge in [-0.2, -0.15) is 8.42 Å². The van der Waals surface area contributed by atoms with Gasteiger partial charge in [0.05, 0.1) is 26.4 Å². The second-order valence-electron chi connectivity index (χ2n) is 15.2. The van der Waals surface area contributed by atoms with E-state index in [2.05, 4.69) is 6.92 Å². The van der Waals surface area contributed by atoms with Crippen molar-refractivity contribution in [1.82, 2.24) is 0 Å². The molecule has 4 rings (SSSR count). The van der Waals surface area contributed by atoms with Crippen LogP contribution in [0.4, 0.5) is 0 Å². The van der Waals surface area contributed by atoms with Crippen LogP contribution in [0.5, 0.6) is 0 Å². The van der Waals surface area contributed by atoms with E-state index in [4.69, 9.17) is 28.4 Å². The second-order valence-corrected chi connectivity index (χ2v) is 16.7. The molecule has 1 aliphatic heterocycles. The van der Waals surface area contributed by atoms with E-state index in [1.54, 1.807) is 0 Å². The van der Waals surface area contributed by atoms with Gasteiger partial charge in [0.2, 0.25) is 0 Å². The largest absolute Gasteiger partial charge is 0.463 e. The number of hydrogen-bond donors (Lipinski definition) is 2. The van der Waals surface area contributed by atoms with E-state index in [9.17, 15) is 22.9 Å². The Hall–Kier alpha value is -3.20. The van der Waals surface area contributed by atoms with Crippen molar-refractivity contribution in [3.8, 4) is 0 Å². The maximum atomic E-state index is 12.5. The summed E-state index contributed by atoms with van der Waals surface area (Å²) in [5.74, 6) is -1.19. The molecule has 0 bridgehead atoms. The van der Waals surface area contributed by atoms with Gasteiger partial charge < -0.3 is 33.5 Å². The maximum absolute atomic E-state index is 12.5. The number of unbranched alkanes of at least 4 members (excludes halogenated alkanes) is 12. The summed E-state index contributed by atoms with van der Waals surface area (Å²) in [5.41, 5.74) is 2.56. The molecule has 0 aromatic heterocycles. The van der Waals surface area contributed by atoms with Gasteiger partial charge in [-0.05, 0) is 23.1 Å². The van der Waals surface area contributed by atoms with Crippen molar-refractivity contribution in [3.05, 3.63) is 108 Å². The summed E-state index contributed by atoms with van der Waals surface area (Å²) in [6.07, 6.45) is 9.35. The zero-order valence-electron chi connectivity index (χ0n) is 34.2. The van der Waals surface area contributed by atoms with Crippen molar-refractivity contribution in [3.63, 3.8) is 0 Å². The summed E-state index contributed by atoms with van der Waals surface area (Å²) in [6, 6.07) is 28.3. The Morgan fingerprint density at radius 1 is 0.603 bits per heavy atom. The molecule has 1 unspecified atom stereocenters. The molecular weight excluding hydrogens is 761 g/mol. The van der Waals surface area contributed by atoms with E-state index < -0.39 is 52.7 Å². The van der Waals surface area contributed by atoms with Crippen LogP contribution < -0.4 is 0 Å². The van der Waals surface area contributed by atoms with Crippen molar-refractivity contribution >= 4 is 16.1 Å². The standard InChI is InChI=1S/C46H66O11S/c1-2-3-4-5-6-7-8-9-10-11-12-13-23-30-42(48)52-34-40(47)35-56-46-45(55-33-39-28-21-16-22-29-39)44(54-32-38-26-19-15-20-27-38)43(41(57-46)36-58(49,50)51)53-31-37-24-17-14-18-25-37/h14-22,24-29,40-41,43-47H,2-13,23,30-36H2,1H3,(H,49,50,51)/t40?,41-,43-,44+,45-,46-/m1/s1. The van der Waals surface area contributed by atoms with Crippen molar-refractivity contribution in [1.29, 1.82) is 0 Å². The molecule has 3 aromatic carbocycles. The van der Waals surface area contributed by atoms with Gasteiger partial charge in [0.15, 0.2) is 6.29 Å². The Morgan fingerprint density at radius 3 is 1.50 bits per heavy atom. The predicted molar refractivity (Wildman–Crippen MR) is 223 cm³/mol. The molecule has 1 saturated heterocycles. The summed E-state index contributed by atoms with van der Waals surface area (Å²) >= 11 is 0. The summed E-state index contributed by atoms with van der Waals surface area (Å²) in [5, 5.41) is 10.8. The van der Waals surface area contributed by atoms with E-state index >= 15 is 0 Å². The van der Waals surface area contributed by atoms with E-state index in [0.29, 0.717) is 0 Å². The van der Waals surface area contributed by atoms with E-state index in [1.807, 2.05) is 91.0 Å². The minimum atomic E-state index is -4.56. The average Bonchev–Trinajstić information content (AvgIpc) is 3.22. The first-order chi connectivity index (χ1) is 28.2. The Balaban J connectivity index is 1.34. The number of ether oxygens (including phenoxy) is 6. The number of esters is 1. The third-order valence-corrected chi connectivity index (χ3v) is 10.9. The fourth-order valence-corrected chi connectivity index (χ4v) is 7.71. The normalized spacial score (nSPS) is 20.2. The Morgan fingerprint density at radius 2 is 1.03 bits per heavy atom. The van der Waals surface area contributed by atoms with Crippen molar-refractivity contribution in [2.24, 2.45) is 0 Å². The van der Waals surface area contributed by atoms with Crippen LogP contribution in [0, 0.1) is 0 Å².